The normalized spacial score (nSPS) is 12.3. The second-order valence-electron chi connectivity index (χ2n) is 7.48. The number of carbonyl (C=O) groups is 1. The lowest BCUT2D eigenvalue weighted by Gasteiger charge is -2.25. The van der Waals surface area contributed by atoms with Crippen molar-refractivity contribution in [3.8, 4) is 0 Å². The topological polar surface area (TPSA) is 66.5 Å². The summed E-state index contributed by atoms with van der Waals surface area (Å²) >= 11 is 0. The molecule has 0 fully saturated rings. The summed E-state index contributed by atoms with van der Waals surface area (Å²) < 4.78 is 41.9. The SMILES string of the molecule is Cc1ccc([C@@H](C)NC(=O)CN(c2ccccc2F)S(=O)(=O)c2ccc(C)cc2)cc1. The summed E-state index contributed by atoms with van der Waals surface area (Å²) in [5, 5.41) is 2.80. The Balaban J connectivity index is 1.90. The number of amides is 1. The summed E-state index contributed by atoms with van der Waals surface area (Å²) in [5.74, 6) is -1.26. The number of halogens is 1. The summed E-state index contributed by atoms with van der Waals surface area (Å²) in [4.78, 5) is 12.8. The molecule has 3 aromatic rings. The number of hydrogen-bond donors (Lipinski definition) is 1. The van der Waals surface area contributed by atoms with Crippen molar-refractivity contribution < 1.29 is 17.6 Å². The van der Waals surface area contributed by atoms with Crippen LogP contribution in [0.1, 0.15) is 29.7 Å². The fraction of sp³-hybridized carbons (Fsp3) is 0.208. The molecule has 0 saturated carbocycles. The Bertz CT molecular complexity index is 1160. The van der Waals surface area contributed by atoms with E-state index in [0.717, 1.165) is 21.0 Å². The molecular formula is C24H25FN2O3S. The number of hydrogen-bond acceptors (Lipinski definition) is 3. The molecule has 1 N–H and O–H groups in total. The van der Waals surface area contributed by atoms with Gasteiger partial charge in [0.05, 0.1) is 16.6 Å². The molecule has 1 amide bonds. The lowest BCUT2D eigenvalue weighted by Crippen LogP contribution is -2.42. The van der Waals surface area contributed by atoms with Crippen molar-refractivity contribution in [2.24, 2.45) is 0 Å². The van der Waals surface area contributed by atoms with Gasteiger partial charge in [-0.3, -0.25) is 9.10 Å². The van der Waals surface area contributed by atoms with Crippen LogP contribution < -0.4 is 9.62 Å². The van der Waals surface area contributed by atoms with Crippen LogP contribution in [-0.2, 0) is 14.8 Å². The van der Waals surface area contributed by atoms with Gasteiger partial charge in [-0.25, -0.2) is 12.8 Å². The predicted octanol–water partition coefficient (Wildman–Crippen LogP) is 4.52. The van der Waals surface area contributed by atoms with Crippen LogP contribution in [0.5, 0.6) is 0 Å². The molecule has 0 aliphatic rings. The van der Waals surface area contributed by atoms with E-state index in [0.29, 0.717) is 0 Å². The van der Waals surface area contributed by atoms with E-state index in [1.807, 2.05) is 45.0 Å². The summed E-state index contributed by atoms with van der Waals surface area (Å²) in [7, 11) is -4.16. The molecule has 0 saturated heterocycles. The van der Waals surface area contributed by atoms with Gasteiger partial charge in [-0.2, -0.15) is 0 Å². The Hall–Kier alpha value is -3.19. The Morgan fingerprint density at radius 1 is 0.935 bits per heavy atom. The maximum Gasteiger partial charge on any atom is 0.264 e. The second-order valence-corrected chi connectivity index (χ2v) is 9.34. The molecule has 3 aromatic carbocycles. The number of carbonyl (C=O) groups excluding carboxylic acids is 1. The molecule has 0 aromatic heterocycles. The van der Waals surface area contributed by atoms with Gasteiger partial charge in [-0.15, -0.1) is 0 Å². The monoisotopic (exact) mass is 440 g/mol. The average Bonchev–Trinajstić information content (AvgIpc) is 2.73. The third-order valence-electron chi connectivity index (χ3n) is 4.97. The van der Waals surface area contributed by atoms with Crippen LogP contribution in [-0.4, -0.2) is 20.9 Å². The summed E-state index contributed by atoms with van der Waals surface area (Å²) in [6.45, 7) is 5.07. The van der Waals surface area contributed by atoms with Gasteiger partial charge in [-0.1, -0.05) is 59.7 Å². The minimum atomic E-state index is -4.16. The molecule has 31 heavy (non-hydrogen) atoms. The fourth-order valence-electron chi connectivity index (χ4n) is 3.15. The smallest absolute Gasteiger partial charge is 0.264 e. The van der Waals surface area contributed by atoms with Gasteiger partial charge in [0.2, 0.25) is 5.91 Å². The van der Waals surface area contributed by atoms with Crippen LogP contribution >= 0.6 is 0 Å². The van der Waals surface area contributed by atoms with Gasteiger partial charge in [-0.05, 0) is 50.6 Å². The zero-order valence-corrected chi connectivity index (χ0v) is 18.5. The maximum absolute atomic E-state index is 14.5. The van der Waals surface area contributed by atoms with E-state index in [-0.39, 0.29) is 16.6 Å². The van der Waals surface area contributed by atoms with Gasteiger partial charge < -0.3 is 5.32 Å². The Kier molecular flexibility index (Phi) is 6.75. The maximum atomic E-state index is 14.5. The van der Waals surface area contributed by atoms with Gasteiger partial charge >= 0.3 is 0 Å². The van der Waals surface area contributed by atoms with E-state index in [4.69, 9.17) is 0 Å². The predicted molar refractivity (Wildman–Crippen MR) is 120 cm³/mol. The summed E-state index contributed by atoms with van der Waals surface area (Å²) in [6.07, 6.45) is 0. The first-order valence-corrected chi connectivity index (χ1v) is 11.3. The van der Waals surface area contributed by atoms with E-state index in [1.54, 1.807) is 12.1 Å². The van der Waals surface area contributed by atoms with Crippen molar-refractivity contribution in [3.05, 3.63) is 95.3 Å². The van der Waals surface area contributed by atoms with E-state index in [9.17, 15) is 17.6 Å². The van der Waals surface area contributed by atoms with Crippen molar-refractivity contribution in [3.63, 3.8) is 0 Å². The van der Waals surface area contributed by atoms with Crippen molar-refractivity contribution in [1.29, 1.82) is 0 Å². The second kappa shape index (κ2) is 9.31. The molecular weight excluding hydrogens is 415 g/mol. The molecule has 5 nitrogen and oxygen atoms in total. The number of para-hydroxylation sites is 1. The van der Waals surface area contributed by atoms with Crippen LogP contribution in [0.4, 0.5) is 10.1 Å². The average molecular weight is 441 g/mol. The van der Waals surface area contributed by atoms with Crippen molar-refractivity contribution in [2.75, 3.05) is 10.8 Å². The highest BCUT2D eigenvalue weighted by atomic mass is 32.2. The van der Waals surface area contributed by atoms with Crippen LogP contribution in [0.3, 0.4) is 0 Å². The molecule has 0 bridgehead atoms. The molecule has 0 unspecified atom stereocenters. The van der Waals surface area contributed by atoms with Crippen LogP contribution in [0.25, 0.3) is 0 Å². The number of nitrogens with zero attached hydrogens (tertiary/aromatic N) is 1. The van der Waals surface area contributed by atoms with E-state index in [2.05, 4.69) is 5.32 Å². The van der Waals surface area contributed by atoms with E-state index < -0.39 is 28.3 Å². The quantitative estimate of drug-likeness (QED) is 0.588. The van der Waals surface area contributed by atoms with Gasteiger partial charge in [0.25, 0.3) is 10.0 Å². The summed E-state index contributed by atoms with van der Waals surface area (Å²) in [6, 6.07) is 19.1. The lowest BCUT2D eigenvalue weighted by atomic mass is 10.1. The van der Waals surface area contributed by atoms with Gasteiger partial charge in [0, 0.05) is 0 Å². The third-order valence-corrected chi connectivity index (χ3v) is 6.75. The molecule has 0 aliphatic heterocycles. The minimum absolute atomic E-state index is 0.0132. The molecule has 0 radical (unpaired) electrons. The van der Waals surface area contributed by atoms with Crippen molar-refractivity contribution in [2.45, 2.75) is 31.7 Å². The zero-order chi connectivity index (χ0) is 22.6. The zero-order valence-electron chi connectivity index (χ0n) is 17.7. The fourth-order valence-corrected chi connectivity index (χ4v) is 4.58. The van der Waals surface area contributed by atoms with Crippen LogP contribution in [0.15, 0.2) is 77.7 Å². The molecule has 0 spiro atoms. The first kappa shape index (κ1) is 22.5. The van der Waals surface area contributed by atoms with Crippen molar-refractivity contribution >= 4 is 21.6 Å². The van der Waals surface area contributed by atoms with Gasteiger partial charge in [0.15, 0.2) is 0 Å². The van der Waals surface area contributed by atoms with Gasteiger partial charge in [0.1, 0.15) is 12.4 Å². The third kappa shape index (κ3) is 5.30. The number of rotatable bonds is 7. The molecule has 3 rings (SSSR count). The minimum Gasteiger partial charge on any atom is -0.348 e. The Morgan fingerprint density at radius 2 is 1.48 bits per heavy atom. The standard InChI is InChI=1S/C24H25FN2O3S/c1-17-8-12-20(13-9-17)19(3)26-24(28)16-27(23-7-5-4-6-22(23)25)31(29,30)21-14-10-18(2)11-15-21/h4-15,19H,16H2,1-3H3,(H,26,28)/t19-/m1/s1. The van der Waals surface area contributed by atoms with E-state index >= 15 is 0 Å². The summed E-state index contributed by atoms with van der Waals surface area (Å²) in [5.41, 5.74) is 2.69. The molecule has 0 aliphatic carbocycles. The number of anilines is 1. The Labute approximate surface area is 182 Å². The number of sulfonamides is 1. The number of nitrogens with one attached hydrogen (secondary N) is 1. The molecule has 1 atom stereocenters. The number of benzene rings is 3. The first-order valence-electron chi connectivity index (χ1n) is 9.88. The highest BCUT2D eigenvalue weighted by Gasteiger charge is 2.29. The van der Waals surface area contributed by atoms with Crippen LogP contribution in [0, 0.1) is 19.7 Å². The van der Waals surface area contributed by atoms with E-state index in [1.165, 1.54) is 36.4 Å². The molecule has 162 valence electrons. The molecule has 0 heterocycles. The van der Waals surface area contributed by atoms with Crippen molar-refractivity contribution in [1.82, 2.24) is 5.32 Å². The highest BCUT2D eigenvalue weighted by molar-refractivity contribution is 7.92. The molecule has 7 heteroatoms. The number of aryl methyl sites for hydroxylation is 2. The lowest BCUT2D eigenvalue weighted by molar-refractivity contribution is -0.120. The largest absolute Gasteiger partial charge is 0.348 e. The highest BCUT2D eigenvalue weighted by Crippen LogP contribution is 2.26. The first-order chi connectivity index (χ1) is 14.7. The van der Waals surface area contributed by atoms with Crippen LogP contribution in [0.2, 0.25) is 0 Å². The Morgan fingerprint density at radius 3 is 2.06 bits per heavy atom.